The number of nitrogens with one attached hydrogen (secondary N) is 2. The number of benzene rings is 1. The number of carbonyl (C=O) groups is 2. The van der Waals surface area contributed by atoms with Crippen molar-refractivity contribution in [3.05, 3.63) is 34.9 Å². The Hall–Kier alpha value is -1.76. The highest BCUT2D eigenvalue weighted by Crippen LogP contribution is 2.33. The summed E-state index contributed by atoms with van der Waals surface area (Å²) in [5, 5.41) is 4.39. The predicted octanol–water partition coefficient (Wildman–Crippen LogP) is 2.58. The van der Waals surface area contributed by atoms with E-state index in [4.69, 9.17) is 11.6 Å². The van der Waals surface area contributed by atoms with Gasteiger partial charge in [0.05, 0.1) is 0 Å². The van der Waals surface area contributed by atoms with E-state index in [-0.39, 0.29) is 10.6 Å². The highest BCUT2D eigenvalue weighted by atomic mass is 35.5. The maximum atomic E-state index is 13.1. The first-order chi connectivity index (χ1) is 9.61. The van der Waals surface area contributed by atoms with Crippen LogP contribution in [-0.2, 0) is 9.59 Å². The van der Waals surface area contributed by atoms with E-state index >= 15 is 0 Å². The van der Waals surface area contributed by atoms with Crippen molar-refractivity contribution in [2.45, 2.75) is 32.1 Å². The minimum Gasteiger partial charge on any atom is -0.345 e. The molecule has 21 heavy (non-hydrogen) atoms. The molecule has 0 aliphatic rings. The molecule has 2 amide bonds. The normalized spacial score (nSPS) is 14.2. The molecule has 0 heterocycles. The van der Waals surface area contributed by atoms with Gasteiger partial charge in [0.1, 0.15) is 6.04 Å². The van der Waals surface area contributed by atoms with Crippen LogP contribution in [-0.4, -0.2) is 24.0 Å². The Balaban J connectivity index is 2.92. The van der Waals surface area contributed by atoms with Gasteiger partial charge in [-0.3, -0.25) is 9.59 Å². The van der Waals surface area contributed by atoms with Crippen molar-refractivity contribution in [1.82, 2.24) is 10.6 Å². The minimum absolute atomic E-state index is 0.143. The molecule has 1 aromatic rings. The molecule has 0 unspecified atom stereocenters. The molecule has 2 atom stereocenters. The lowest BCUT2D eigenvalue weighted by atomic mass is 10.1. The van der Waals surface area contributed by atoms with Crippen molar-refractivity contribution in [2.24, 2.45) is 0 Å². The van der Waals surface area contributed by atoms with Crippen LogP contribution in [0.15, 0.2) is 24.3 Å². The number of carbonyl (C=O) groups excluding carboxylic acids is 2. The molecule has 0 aliphatic carbocycles. The SMILES string of the molecule is CC(=O)N[C@H](C)C(=O)N[C@H](c1ccc(Cl)cc1)C(F)(F)F. The first kappa shape index (κ1) is 17.3. The summed E-state index contributed by atoms with van der Waals surface area (Å²) in [7, 11) is 0. The van der Waals surface area contributed by atoms with E-state index in [2.05, 4.69) is 5.32 Å². The summed E-state index contributed by atoms with van der Waals surface area (Å²) in [5.41, 5.74) is -0.143. The Morgan fingerprint density at radius 3 is 2.10 bits per heavy atom. The summed E-state index contributed by atoms with van der Waals surface area (Å²) < 4.78 is 39.2. The molecule has 0 saturated heterocycles. The van der Waals surface area contributed by atoms with Crippen molar-refractivity contribution in [1.29, 1.82) is 0 Å². The van der Waals surface area contributed by atoms with E-state index < -0.39 is 30.1 Å². The number of rotatable bonds is 4. The summed E-state index contributed by atoms with van der Waals surface area (Å²) in [6.07, 6.45) is -4.67. The summed E-state index contributed by atoms with van der Waals surface area (Å²) in [6, 6.07) is 1.74. The van der Waals surface area contributed by atoms with E-state index in [1.54, 1.807) is 0 Å². The van der Waals surface area contributed by atoms with Crippen molar-refractivity contribution < 1.29 is 22.8 Å². The summed E-state index contributed by atoms with van der Waals surface area (Å²) >= 11 is 5.63. The molecule has 1 rings (SSSR count). The molecule has 8 heteroatoms. The van der Waals surface area contributed by atoms with E-state index in [9.17, 15) is 22.8 Å². The quantitative estimate of drug-likeness (QED) is 0.895. The number of hydrogen-bond acceptors (Lipinski definition) is 2. The first-order valence-electron chi connectivity index (χ1n) is 6.01. The van der Waals surface area contributed by atoms with E-state index in [1.165, 1.54) is 38.1 Å². The molecule has 0 spiro atoms. The van der Waals surface area contributed by atoms with Crippen molar-refractivity contribution >= 4 is 23.4 Å². The molecule has 4 nitrogen and oxygen atoms in total. The molecule has 0 bridgehead atoms. The third kappa shape index (κ3) is 5.26. The minimum atomic E-state index is -4.67. The zero-order valence-corrected chi connectivity index (χ0v) is 12.0. The van der Waals surface area contributed by atoms with Gasteiger partial charge in [-0.2, -0.15) is 13.2 Å². The van der Waals surface area contributed by atoms with Gasteiger partial charge in [-0.15, -0.1) is 0 Å². The lowest BCUT2D eigenvalue weighted by molar-refractivity contribution is -0.164. The standard InChI is InChI=1S/C13H14ClF3N2O2/c1-7(18-8(2)20)12(21)19-11(13(15,16)17)9-3-5-10(14)6-4-9/h3-7,11H,1-2H3,(H,18,20)(H,19,21)/t7-,11-/m1/s1. The molecule has 0 aromatic heterocycles. The topological polar surface area (TPSA) is 58.2 Å². The second-order valence-electron chi connectivity index (χ2n) is 4.46. The van der Waals surface area contributed by atoms with Crippen LogP contribution in [0.25, 0.3) is 0 Å². The van der Waals surface area contributed by atoms with Crippen molar-refractivity contribution in [3.8, 4) is 0 Å². The molecular weight excluding hydrogens is 309 g/mol. The van der Waals surface area contributed by atoms with Crippen LogP contribution < -0.4 is 10.6 Å². The van der Waals surface area contributed by atoms with Crippen molar-refractivity contribution in [2.75, 3.05) is 0 Å². The largest absolute Gasteiger partial charge is 0.412 e. The van der Waals surface area contributed by atoms with Crippen LogP contribution in [0.4, 0.5) is 13.2 Å². The van der Waals surface area contributed by atoms with Gasteiger partial charge < -0.3 is 10.6 Å². The Morgan fingerprint density at radius 1 is 1.14 bits per heavy atom. The smallest absolute Gasteiger partial charge is 0.345 e. The average molecular weight is 323 g/mol. The van der Waals surface area contributed by atoms with Crippen LogP contribution in [0.5, 0.6) is 0 Å². The summed E-state index contributed by atoms with van der Waals surface area (Å²) in [4.78, 5) is 22.5. The highest BCUT2D eigenvalue weighted by molar-refractivity contribution is 6.30. The van der Waals surface area contributed by atoms with Gasteiger partial charge in [-0.25, -0.2) is 0 Å². The predicted molar refractivity (Wildman–Crippen MR) is 71.7 cm³/mol. The van der Waals surface area contributed by atoms with Gasteiger partial charge in [-0.05, 0) is 24.6 Å². The molecular formula is C13H14ClF3N2O2. The van der Waals surface area contributed by atoms with Gasteiger partial charge in [0.2, 0.25) is 11.8 Å². The highest BCUT2D eigenvalue weighted by Gasteiger charge is 2.42. The van der Waals surface area contributed by atoms with Gasteiger partial charge in [0.25, 0.3) is 0 Å². The Morgan fingerprint density at radius 2 is 1.67 bits per heavy atom. The lowest BCUT2D eigenvalue weighted by Gasteiger charge is -2.24. The first-order valence-corrected chi connectivity index (χ1v) is 6.38. The Labute approximate surface area is 124 Å². The van der Waals surface area contributed by atoms with Gasteiger partial charge in [0.15, 0.2) is 6.04 Å². The van der Waals surface area contributed by atoms with Gasteiger partial charge >= 0.3 is 6.18 Å². The van der Waals surface area contributed by atoms with E-state index in [0.717, 1.165) is 0 Å². The van der Waals surface area contributed by atoms with Crippen LogP contribution in [0.3, 0.4) is 0 Å². The maximum absolute atomic E-state index is 13.1. The van der Waals surface area contributed by atoms with Crippen LogP contribution in [0.2, 0.25) is 5.02 Å². The summed E-state index contributed by atoms with van der Waals surface area (Å²) in [6.45, 7) is 2.47. The molecule has 2 N–H and O–H groups in total. The van der Waals surface area contributed by atoms with Gasteiger partial charge in [-0.1, -0.05) is 23.7 Å². The summed E-state index contributed by atoms with van der Waals surface area (Å²) in [5.74, 6) is -1.44. The molecule has 0 radical (unpaired) electrons. The molecule has 0 saturated carbocycles. The lowest BCUT2D eigenvalue weighted by Crippen LogP contribution is -2.48. The van der Waals surface area contributed by atoms with E-state index in [1.807, 2.05) is 5.32 Å². The molecule has 0 fully saturated rings. The fourth-order valence-electron chi connectivity index (χ4n) is 1.65. The number of alkyl halides is 3. The fourth-order valence-corrected chi connectivity index (χ4v) is 1.77. The number of halogens is 4. The number of hydrogen-bond donors (Lipinski definition) is 2. The second-order valence-corrected chi connectivity index (χ2v) is 4.89. The average Bonchev–Trinajstić information content (AvgIpc) is 2.34. The van der Waals surface area contributed by atoms with Crippen LogP contribution in [0, 0.1) is 0 Å². The Kier molecular flexibility index (Phi) is 5.60. The third-order valence-electron chi connectivity index (χ3n) is 2.63. The van der Waals surface area contributed by atoms with Crippen LogP contribution >= 0.6 is 11.6 Å². The molecule has 1 aromatic carbocycles. The van der Waals surface area contributed by atoms with Crippen molar-refractivity contribution in [3.63, 3.8) is 0 Å². The van der Waals surface area contributed by atoms with Gasteiger partial charge in [0, 0.05) is 11.9 Å². The third-order valence-corrected chi connectivity index (χ3v) is 2.88. The number of amides is 2. The van der Waals surface area contributed by atoms with Crippen LogP contribution in [0.1, 0.15) is 25.5 Å². The zero-order chi connectivity index (χ0) is 16.2. The monoisotopic (exact) mass is 322 g/mol. The molecule has 0 aliphatic heterocycles. The second kappa shape index (κ2) is 6.80. The zero-order valence-electron chi connectivity index (χ0n) is 11.3. The fraction of sp³-hybridized carbons (Fsp3) is 0.385. The maximum Gasteiger partial charge on any atom is 0.412 e. The molecule has 116 valence electrons. The van der Waals surface area contributed by atoms with E-state index in [0.29, 0.717) is 0 Å². The Bertz CT molecular complexity index is 517.